The summed E-state index contributed by atoms with van der Waals surface area (Å²) in [7, 11) is -3.85. The molecule has 26 heavy (non-hydrogen) atoms. The molecule has 0 aliphatic heterocycles. The number of nitriles is 1. The first-order valence-electron chi connectivity index (χ1n) is 7.76. The third-order valence-electron chi connectivity index (χ3n) is 3.40. The number of benzene rings is 2. The lowest BCUT2D eigenvalue weighted by Gasteiger charge is -2.10. The number of carbonyl (C=O) groups excluding carboxylic acids is 1. The summed E-state index contributed by atoms with van der Waals surface area (Å²) in [6, 6.07) is 14.7. The van der Waals surface area contributed by atoms with Gasteiger partial charge in [-0.1, -0.05) is 18.2 Å². The first kappa shape index (κ1) is 19.4. The topological polar surface area (TPSA) is 105 Å². The zero-order valence-electron chi connectivity index (χ0n) is 14.1. The van der Waals surface area contributed by atoms with E-state index in [0.717, 1.165) is 5.56 Å². The van der Waals surface area contributed by atoms with Gasteiger partial charge in [0.25, 0.3) is 0 Å². The van der Waals surface area contributed by atoms with Crippen LogP contribution in [0.2, 0.25) is 0 Å². The maximum absolute atomic E-state index is 12.1. The van der Waals surface area contributed by atoms with E-state index in [9.17, 15) is 13.2 Å². The largest absolute Gasteiger partial charge is 0.490 e. The van der Waals surface area contributed by atoms with Crippen LogP contribution in [0.25, 0.3) is 0 Å². The molecule has 0 amide bonds. The van der Waals surface area contributed by atoms with Crippen molar-refractivity contribution in [3.05, 3.63) is 59.7 Å². The van der Waals surface area contributed by atoms with E-state index in [1.165, 1.54) is 24.3 Å². The Labute approximate surface area is 152 Å². The molecule has 0 spiro atoms. The Morgan fingerprint density at radius 2 is 1.81 bits per heavy atom. The molecule has 0 aliphatic carbocycles. The predicted octanol–water partition coefficient (Wildman–Crippen LogP) is 1.77. The molecule has 2 aromatic carbocycles. The lowest BCUT2D eigenvalue weighted by atomic mass is 10.2. The number of nitrogens with zero attached hydrogens (tertiary/aromatic N) is 1. The molecule has 0 aromatic heterocycles. The van der Waals surface area contributed by atoms with Crippen LogP contribution in [0.3, 0.4) is 0 Å². The van der Waals surface area contributed by atoms with Crippen molar-refractivity contribution in [3.63, 3.8) is 0 Å². The number of aryl methyl sites for hydroxylation is 1. The minimum absolute atomic E-state index is 0.00572. The molecular weight excluding hydrogens is 356 g/mol. The molecule has 0 heterocycles. The number of carbonyl (C=O) groups is 1. The van der Waals surface area contributed by atoms with Gasteiger partial charge in [-0.3, -0.25) is 4.79 Å². The van der Waals surface area contributed by atoms with Crippen LogP contribution in [-0.4, -0.2) is 34.1 Å². The van der Waals surface area contributed by atoms with E-state index in [4.69, 9.17) is 14.7 Å². The number of sulfonamides is 1. The Kier molecular flexibility index (Phi) is 6.72. The zero-order chi connectivity index (χ0) is 19.0. The molecule has 2 aromatic rings. The van der Waals surface area contributed by atoms with Crippen LogP contribution < -0.4 is 9.46 Å². The van der Waals surface area contributed by atoms with Gasteiger partial charge in [0.15, 0.2) is 0 Å². The lowest BCUT2D eigenvalue weighted by Crippen LogP contribution is -2.31. The maximum atomic E-state index is 12.1. The molecular formula is C18H18N2O5S. The summed E-state index contributed by atoms with van der Waals surface area (Å²) in [5.41, 5.74) is 1.31. The van der Waals surface area contributed by atoms with Crippen molar-refractivity contribution < 1.29 is 22.7 Å². The van der Waals surface area contributed by atoms with E-state index in [-0.39, 0.29) is 18.1 Å². The van der Waals surface area contributed by atoms with E-state index in [0.29, 0.717) is 11.3 Å². The maximum Gasteiger partial charge on any atom is 0.321 e. The van der Waals surface area contributed by atoms with Gasteiger partial charge in [0, 0.05) is 0 Å². The second-order valence-corrected chi connectivity index (χ2v) is 7.06. The van der Waals surface area contributed by atoms with E-state index in [2.05, 4.69) is 4.72 Å². The molecule has 0 unspecified atom stereocenters. The first-order chi connectivity index (χ1) is 12.4. The quantitative estimate of drug-likeness (QED) is 0.558. The standard InChI is InChI=1S/C18H18N2O5S/c1-14-4-2-3-5-17(14)24-10-11-25-18(21)13-20-26(22,23)16-8-6-15(12-19)7-9-16/h2-9,20H,10-11,13H2,1H3. The van der Waals surface area contributed by atoms with Gasteiger partial charge in [-0.25, -0.2) is 8.42 Å². The van der Waals surface area contributed by atoms with Crippen LogP contribution in [0.1, 0.15) is 11.1 Å². The average Bonchev–Trinajstić information content (AvgIpc) is 2.65. The van der Waals surface area contributed by atoms with Crippen LogP contribution in [-0.2, 0) is 19.6 Å². The second kappa shape index (κ2) is 8.99. The van der Waals surface area contributed by atoms with Crippen LogP contribution >= 0.6 is 0 Å². The van der Waals surface area contributed by atoms with Gasteiger partial charge in [0.05, 0.1) is 16.5 Å². The number of para-hydroxylation sites is 1. The van der Waals surface area contributed by atoms with Crippen LogP contribution in [0.4, 0.5) is 0 Å². The Morgan fingerprint density at radius 1 is 1.12 bits per heavy atom. The SMILES string of the molecule is Cc1ccccc1OCCOC(=O)CNS(=O)(=O)c1ccc(C#N)cc1. The van der Waals surface area contributed by atoms with E-state index >= 15 is 0 Å². The second-order valence-electron chi connectivity index (χ2n) is 5.30. The number of nitrogens with one attached hydrogen (secondary N) is 1. The van der Waals surface area contributed by atoms with Crippen molar-refractivity contribution >= 4 is 16.0 Å². The van der Waals surface area contributed by atoms with Gasteiger partial charge in [-0.05, 0) is 42.8 Å². The highest BCUT2D eigenvalue weighted by atomic mass is 32.2. The van der Waals surface area contributed by atoms with Gasteiger partial charge in [-0.2, -0.15) is 9.98 Å². The monoisotopic (exact) mass is 374 g/mol. The highest BCUT2D eigenvalue weighted by molar-refractivity contribution is 7.89. The van der Waals surface area contributed by atoms with Crippen molar-refractivity contribution in [1.82, 2.24) is 4.72 Å². The summed E-state index contributed by atoms with van der Waals surface area (Å²) in [4.78, 5) is 11.6. The van der Waals surface area contributed by atoms with Crippen LogP contribution in [0.15, 0.2) is 53.4 Å². The highest BCUT2D eigenvalue weighted by Gasteiger charge is 2.16. The van der Waals surface area contributed by atoms with Crippen LogP contribution in [0.5, 0.6) is 5.75 Å². The normalized spacial score (nSPS) is 10.8. The number of esters is 1. The van der Waals surface area contributed by atoms with Crippen molar-refractivity contribution in [1.29, 1.82) is 5.26 Å². The van der Waals surface area contributed by atoms with Gasteiger partial charge < -0.3 is 9.47 Å². The average molecular weight is 374 g/mol. The first-order valence-corrected chi connectivity index (χ1v) is 9.24. The van der Waals surface area contributed by atoms with Crippen molar-refractivity contribution in [2.45, 2.75) is 11.8 Å². The van der Waals surface area contributed by atoms with Crippen molar-refractivity contribution in [3.8, 4) is 11.8 Å². The number of hydrogen-bond acceptors (Lipinski definition) is 6. The van der Waals surface area contributed by atoms with Gasteiger partial charge in [-0.15, -0.1) is 0 Å². The molecule has 0 atom stereocenters. The molecule has 0 saturated heterocycles. The molecule has 7 nitrogen and oxygen atoms in total. The summed E-state index contributed by atoms with van der Waals surface area (Å²) in [5.74, 6) is -0.0133. The third kappa shape index (κ3) is 5.58. The van der Waals surface area contributed by atoms with Gasteiger partial charge in [0.2, 0.25) is 10.0 Å². The lowest BCUT2D eigenvalue weighted by molar-refractivity contribution is -0.142. The van der Waals surface area contributed by atoms with Crippen molar-refractivity contribution in [2.24, 2.45) is 0 Å². The van der Waals surface area contributed by atoms with E-state index in [1.54, 1.807) is 0 Å². The fourth-order valence-corrected chi connectivity index (χ4v) is 2.99. The third-order valence-corrected chi connectivity index (χ3v) is 4.81. The Morgan fingerprint density at radius 3 is 2.46 bits per heavy atom. The molecule has 2 rings (SSSR count). The Hall–Kier alpha value is -2.89. The molecule has 0 radical (unpaired) electrons. The van der Waals surface area contributed by atoms with Gasteiger partial charge >= 0.3 is 5.97 Å². The number of ether oxygens (including phenoxy) is 2. The molecule has 136 valence electrons. The molecule has 8 heteroatoms. The molecule has 0 aliphatic rings. The fraction of sp³-hybridized carbons (Fsp3) is 0.222. The minimum atomic E-state index is -3.85. The molecule has 1 N–H and O–H groups in total. The summed E-state index contributed by atoms with van der Waals surface area (Å²) in [6.45, 7) is 1.58. The van der Waals surface area contributed by atoms with Crippen molar-refractivity contribution in [2.75, 3.05) is 19.8 Å². The van der Waals surface area contributed by atoms with Crippen LogP contribution in [0, 0.1) is 18.3 Å². The Balaban J connectivity index is 1.75. The number of hydrogen-bond donors (Lipinski definition) is 1. The molecule has 0 fully saturated rings. The van der Waals surface area contributed by atoms with Gasteiger partial charge in [0.1, 0.15) is 25.5 Å². The summed E-state index contributed by atoms with van der Waals surface area (Å²) >= 11 is 0. The predicted molar refractivity (Wildman–Crippen MR) is 94.0 cm³/mol. The zero-order valence-corrected chi connectivity index (χ0v) is 15.0. The number of rotatable bonds is 8. The molecule has 0 bridgehead atoms. The molecule has 0 saturated carbocycles. The van der Waals surface area contributed by atoms with E-state index in [1.807, 2.05) is 37.3 Å². The fourth-order valence-electron chi connectivity index (χ4n) is 2.02. The smallest absolute Gasteiger partial charge is 0.321 e. The summed E-state index contributed by atoms with van der Waals surface area (Å²) in [6.07, 6.45) is 0. The van der Waals surface area contributed by atoms with E-state index < -0.39 is 22.5 Å². The minimum Gasteiger partial charge on any atom is -0.490 e. The summed E-state index contributed by atoms with van der Waals surface area (Å²) in [5, 5.41) is 8.71. The Bertz CT molecular complexity index is 902. The summed E-state index contributed by atoms with van der Waals surface area (Å²) < 4.78 is 36.7. The highest BCUT2D eigenvalue weighted by Crippen LogP contribution is 2.15.